The van der Waals surface area contributed by atoms with Crippen molar-refractivity contribution in [1.29, 1.82) is 0 Å². The van der Waals surface area contributed by atoms with Crippen LogP contribution in [0.3, 0.4) is 0 Å². The molecule has 13 aromatic rings. The number of para-hydroxylation sites is 1. The molecule has 12 aromatic carbocycles. The van der Waals surface area contributed by atoms with Crippen molar-refractivity contribution in [3.63, 3.8) is 0 Å². The van der Waals surface area contributed by atoms with Gasteiger partial charge in [-0.1, -0.05) is 206 Å². The van der Waals surface area contributed by atoms with Gasteiger partial charge in [-0.2, -0.15) is 0 Å². The largest absolute Gasteiger partial charge is 0.310 e. The topological polar surface area (TPSA) is 8.17 Å². The summed E-state index contributed by atoms with van der Waals surface area (Å²) in [5, 5.41) is 10.0. The lowest BCUT2D eigenvalue weighted by Crippen LogP contribution is -2.10. The standard InChI is InChI=1S/C66H44N2/c1-3-15-46(16-4-1)57-24-11-12-25-59(57)49-33-39-55(40-34-49)67(54-37-31-45(32-38-54)50-36-41-60-52(43-50)30-29-47-17-7-9-23-58(47)60)56-22-13-19-51(44-56)61-27-14-28-64-65(61)63-42-35-48-18-8-10-26-62(48)66(63)68(64)53-20-5-2-6-21-53/h1-44H. The van der Waals surface area contributed by atoms with E-state index in [1.54, 1.807) is 0 Å². The molecule has 1 aromatic heterocycles. The number of nitrogens with zero attached hydrogens (tertiary/aromatic N) is 2. The molecule has 0 bridgehead atoms. The molecule has 0 aliphatic heterocycles. The van der Waals surface area contributed by atoms with E-state index in [4.69, 9.17) is 0 Å². The van der Waals surface area contributed by atoms with Crippen LogP contribution in [-0.4, -0.2) is 4.57 Å². The van der Waals surface area contributed by atoms with Crippen LogP contribution < -0.4 is 4.90 Å². The van der Waals surface area contributed by atoms with Gasteiger partial charge in [-0.25, -0.2) is 0 Å². The molecule has 0 unspecified atom stereocenters. The minimum atomic E-state index is 1.08. The van der Waals surface area contributed by atoms with Crippen molar-refractivity contribution in [2.75, 3.05) is 4.90 Å². The van der Waals surface area contributed by atoms with Crippen molar-refractivity contribution in [2.24, 2.45) is 0 Å². The van der Waals surface area contributed by atoms with Crippen LogP contribution in [0, 0.1) is 0 Å². The predicted molar refractivity (Wildman–Crippen MR) is 290 cm³/mol. The van der Waals surface area contributed by atoms with Crippen LogP contribution >= 0.6 is 0 Å². The zero-order valence-electron chi connectivity index (χ0n) is 37.3. The molecule has 2 heteroatoms. The van der Waals surface area contributed by atoms with Crippen LogP contribution in [0.25, 0.3) is 104 Å². The van der Waals surface area contributed by atoms with Crippen molar-refractivity contribution < 1.29 is 0 Å². The normalized spacial score (nSPS) is 11.5. The second-order valence-electron chi connectivity index (χ2n) is 17.7. The van der Waals surface area contributed by atoms with Gasteiger partial charge in [0.25, 0.3) is 0 Å². The van der Waals surface area contributed by atoms with Crippen molar-refractivity contribution in [3.8, 4) is 50.2 Å². The lowest BCUT2D eigenvalue weighted by molar-refractivity contribution is 1.19. The summed E-state index contributed by atoms with van der Waals surface area (Å²) in [7, 11) is 0. The van der Waals surface area contributed by atoms with Gasteiger partial charge in [-0.05, 0) is 132 Å². The Morgan fingerprint density at radius 3 is 1.53 bits per heavy atom. The molecule has 0 spiro atoms. The van der Waals surface area contributed by atoms with E-state index in [9.17, 15) is 0 Å². The molecule has 1 heterocycles. The van der Waals surface area contributed by atoms with Crippen molar-refractivity contribution in [1.82, 2.24) is 4.57 Å². The quantitative estimate of drug-likeness (QED) is 0.138. The van der Waals surface area contributed by atoms with E-state index in [-0.39, 0.29) is 0 Å². The Kier molecular flexibility index (Phi) is 9.54. The van der Waals surface area contributed by atoms with Gasteiger partial charge in [0.15, 0.2) is 0 Å². The predicted octanol–water partition coefficient (Wildman–Crippen LogP) is 18.4. The molecule has 0 aliphatic carbocycles. The Bertz CT molecular complexity index is 4000. The van der Waals surface area contributed by atoms with Crippen LogP contribution in [0.5, 0.6) is 0 Å². The fourth-order valence-corrected chi connectivity index (χ4v) is 10.6. The lowest BCUT2D eigenvalue weighted by Gasteiger charge is -2.26. The molecule has 0 saturated carbocycles. The molecule has 2 nitrogen and oxygen atoms in total. The summed E-state index contributed by atoms with van der Waals surface area (Å²) in [6.07, 6.45) is 0. The maximum atomic E-state index is 2.45. The minimum Gasteiger partial charge on any atom is -0.310 e. The van der Waals surface area contributed by atoms with E-state index in [0.29, 0.717) is 0 Å². The molecule has 68 heavy (non-hydrogen) atoms. The van der Waals surface area contributed by atoms with Crippen LogP contribution in [0.15, 0.2) is 267 Å². The zero-order chi connectivity index (χ0) is 45.0. The average Bonchev–Trinajstić information content (AvgIpc) is 3.77. The SMILES string of the molecule is c1ccc(-c2ccccc2-c2ccc(N(c3ccc(-c4ccc5c(ccc6ccccc65)c4)cc3)c3cccc(-c4cccc5c4c4ccc6ccccc6c4n5-c4ccccc4)c3)cc2)cc1. The minimum absolute atomic E-state index is 1.08. The highest BCUT2D eigenvalue weighted by atomic mass is 15.1. The highest BCUT2D eigenvalue weighted by Gasteiger charge is 2.20. The summed E-state index contributed by atoms with van der Waals surface area (Å²) in [4.78, 5) is 2.40. The fourth-order valence-electron chi connectivity index (χ4n) is 10.6. The van der Waals surface area contributed by atoms with E-state index in [0.717, 1.165) is 28.3 Å². The third kappa shape index (κ3) is 6.73. The first kappa shape index (κ1) is 39.4. The number of hydrogen-bond acceptors (Lipinski definition) is 1. The lowest BCUT2D eigenvalue weighted by atomic mass is 9.94. The maximum Gasteiger partial charge on any atom is 0.0619 e. The van der Waals surface area contributed by atoms with Crippen molar-refractivity contribution >= 4 is 71.2 Å². The number of hydrogen-bond donors (Lipinski definition) is 0. The van der Waals surface area contributed by atoms with Gasteiger partial charge in [-0.3, -0.25) is 0 Å². The Labute approximate surface area is 395 Å². The van der Waals surface area contributed by atoms with E-state index in [2.05, 4.69) is 276 Å². The molecule has 0 fully saturated rings. The first-order chi connectivity index (χ1) is 33.7. The Morgan fingerprint density at radius 2 is 0.779 bits per heavy atom. The highest BCUT2D eigenvalue weighted by Crippen LogP contribution is 2.44. The average molecular weight is 865 g/mol. The van der Waals surface area contributed by atoms with Crippen molar-refractivity contribution in [3.05, 3.63) is 267 Å². The highest BCUT2D eigenvalue weighted by molar-refractivity contribution is 6.22. The first-order valence-corrected chi connectivity index (χ1v) is 23.4. The number of anilines is 3. The second kappa shape index (κ2) is 16.5. The van der Waals surface area contributed by atoms with Gasteiger partial charge in [-0.15, -0.1) is 0 Å². The molecule has 13 rings (SSSR count). The molecule has 0 N–H and O–H groups in total. The van der Waals surface area contributed by atoms with Crippen LogP contribution in [0.2, 0.25) is 0 Å². The van der Waals surface area contributed by atoms with Crippen LogP contribution in [0.4, 0.5) is 17.1 Å². The van der Waals surface area contributed by atoms with Crippen LogP contribution in [-0.2, 0) is 0 Å². The molecule has 0 amide bonds. The molecular formula is C66H44N2. The molecular weight excluding hydrogens is 821 g/mol. The smallest absolute Gasteiger partial charge is 0.0619 e. The summed E-state index contributed by atoms with van der Waals surface area (Å²) in [5.41, 5.74) is 16.4. The number of aromatic nitrogens is 1. The zero-order valence-corrected chi connectivity index (χ0v) is 37.3. The van der Waals surface area contributed by atoms with Crippen LogP contribution in [0.1, 0.15) is 0 Å². The second-order valence-corrected chi connectivity index (χ2v) is 17.7. The van der Waals surface area contributed by atoms with Gasteiger partial charge >= 0.3 is 0 Å². The summed E-state index contributed by atoms with van der Waals surface area (Å²) >= 11 is 0. The van der Waals surface area contributed by atoms with E-state index in [1.165, 1.54) is 93.1 Å². The summed E-state index contributed by atoms with van der Waals surface area (Å²) in [6.45, 7) is 0. The molecule has 0 atom stereocenters. The summed E-state index contributed by atoms with van der Waals surface area (Å²) < 4.78 is 2.45. The number of fused-ring (bicyclic) bond motifs is 8. The van der Waals surface area contributed by atoms with Gasteiger partial charge in [0, 0.05) is 38.9 Å². The Morgan fingerprint density at radius 1 is 0.265 bits per heavy atom. The molecule has 0 saturated heterocycles. The third-order valence-corrected chi connectivity index (χ3v) is 13.8. The molecule has 0 aliphatic rings. The summed E-state index contributed by atoms with van der Waals surface area (Å²) in [6, 6.07) is 97.4. The summed E-state index contributed by atoms with van der Waals surface area (Å²) in [5.74, 6) is 0. The maximum absolute atomic E-state index is 2.45. The van der Waals surface area contributed by atoms with E-state index in [1.807, 2.05) is 0 Å². The van der Waals surface area contributed by atoms with E-state index < -0.39 is 0 Å². The molecule has 318 valence electrons. The number of benzene rings is 12. The molecule has 0 radical (unpaired) electrons. The van der Waals surface area contributed by atoms with Gasteiger partial charge < -0.3 is 9.47 Å². The fraction of sp³-hybridized carbons (Fsp3) is 0. The first-order valence-electron chi connectivity index (χ1n) is 23.4. The Hall–Kier alpha value is -8.98. The van der Waals surface area contributed by atoms with Gasteiger partial charge in [0.05, 0.1) is 11.0 Å². The third-order valence-electron chi connectivity index (χ3n) is 13.8. The monoisotopic (exact) mass is 864 g/mol. The Balaban J connectivity index is 0.953. The van der Waals surface area contributed by atoms with Gasteiger partial charge in [0.2, 0.25) is 0 Å². The van der Waals surface area contributed by atoms with E-state index >= 15 is 0 Å². The van der Waals surface area contributed by atoms with Crippen molar-refractivity contribution in [2.45, 2.75) is 0 Å². The van der Waals surface area contributed by atoms with Gasteiger partial charge in [0.1, 0.15) is 0 Å². The number of rotatable bonds is 8.